The van der Waals surface area contributed by atoms with Crippen LogP contribution >= 0.6 is 11.6 Å². The highest BCUT2D eigenvalue weighted by atomic mass is 35.5. The average molecular weight is 392 g/mol. The predicted octanol–water partition coefficient (Wildman–Crippen LogP) is 3.49. The summed E-state index contributed by atoms with van der Waals surface area (Å²) < 4.78 is 41.2. The fourth-order valence-corrected chi connectivity index (χ4v) is 2.27. The Kier molecular flexibility index (Phi) is 5.30. The summed E-state index contributed by atoms with van der Waals surface area (Å²) in [6.45, 7) is 1.39. The lowest BCUT2D eigenvalue weighted by Crippen LogP contribution is -2.19. The molecule has 26 heavy (non-hydrogen) atoms. The summed E-state index contributed by atoms with van der Waals surface area (Å²) in [4.78, 5) is 34.0. The number of hydrogen-bond acceptors (Lipinski definition) is 6. The number of aromatic nitrogens is 2. The highest BCUT2D eigenvalue weighted by Gasteiger charge is 2.33. The van der Waals surface area contributed by atoms with Gasteiger partial charge in [0.1, 0.15) is 11.9 Å². The van der Waals surface area contributed by atoms with Crippen LogP contribution in [0.2, 0.25) is 5.02 Å². The molecule has 1 aromatic heterocycles. The highest BCUT2D eigenvalue weighted by Crippen LogP contribution is 2.31. The summed E-state index contributed by atoms with van der Waals surface area (Å²) in [6, 6.07) is 2.71. The van der Waals surface area contributed by atoms with Crippen LogP contribution in [-0.4, -0.2) is 32.6 Å². The Labute approximate surface area is 148 Å². The van der Waals surface area contributed by atoms with Gasteiger partial charge in [-0.2, -0.15) is 5.10 Å². The molecule has 0 unspecified atom stereocenters. The van der Waals surface area contributed by atoms with Gasteiger partial charge in [-0.25, -0.2) is 4.68 Å². The number of carbonyl (C=O) groups excluding carboxylic acids is 2. The number of alkyl halides is 3. The second kappa shape index (κ2) is 7.12. The van der Waals surface area contributed by atoms with Crippen molar-refractivity contribution in [1.82, 2.24) is 9.78 Å². The lowest BCUT2D eigenvalue weighted by molar-refractivity contribution is -0.385. The zero-order chi connectivity index (χ0) is 19.6. The van der Waals surface area contributed by atoms with Crippen molar-refractivity contribution in [3.05, 3.63) is 45.2 Å². The van der Waals surface area contributed by atoms with Crippen molar-refractivity contribution in [1.29, 1.82) is 0 Å². The molecule has 1 heterocycles. The second-order valence-electron chi connectivity index (χ2n) is 4.81. The molecule has 0 saturated heterocycles. The normalized spacial score (nSPS) is 11.3. The molecule has 0 aliphatic heterocycles. The maximum absolute atomic E-state index is 12.2. The van der Waals surface area contributed by atoms with Crippen molar-refractivity contribution in [2.75, 3.05) is 0 Å². The van der Waals surface area contributed by atoms with Gasteiger partial charge in [0, 0.05) is 12.5 Å². The molecule has 0 N–H and O–H groups in total. The van der Waals surface area contributed by atoms with Crippen LogP contribution in [0.25, 0.3) is 5.69 Å². The summed E-state index contributed by atoms with van der Waals surface area (Å²) >= 11 is 5.90. The molecule has 0 aliphatic carbocycles. The number of nitrogens with zero attached hydrogens (tertiary/aromatic N) is 3. The van der Waals surface area contributed by atoms with Crippen LogP contribution in [-0.2, 0) is 4.79 Å². The van der Waals surface area contributed by atoms with E-state index in [0.29, 0.717) is 0 Å². The Morgan fingerprint density at radius 2 is 2.04 bits per heavy atom. The fourth-order valence-electron chi connectivity index (χ4n) is 2.02. The van der Waals surface area contributed by atoms with Gasteiger partial charge in [-0.1, -0.05) is 18.5 Å². The maximum atomic E-state index is 12.2. The molecule has 0 saturated carbocycles. The summed E-state index contributed by atoms with van der Waals surface area (Å²) in [6.07, 6.45) is -4.40. The molecule has 0 atom stereocenters. The van der Waals surface area contributed by atoms with E-state index in [1.165, 1.54) is 6.92 Å². The smallest absolute Gasteiger partial charge is 0.406 e. The van der Waals surface area contributed by atoms with Gasteiger partial charge in [-0.3, -0.25) is 19.7 Å². The van der Waals surface area contributed by atoms with E-state index in [4.69, 9.17) is 11.6 Å². The lowest BCUT2D eigenvalue weighted by atomic mass is 10.1. The van der Waals surface area contributed by atoms with E-state index in [1.54, 1.807) is 0 Å². The first kappa shape index (κ1) is 19.4. The molecule has 1 aromatic carbocycles. The monoisotopic (exact) mass is 391 g/mol. The summed E-state index contributed by atoms with van der Waals surface area (Å²) in [5, 5.41) is 14.4. The van der Waals surface area contributed by atoms with E-state index in [0.717, 1.165) is 29.1 Å². The molecule has 2 aromatic rings. The molecule has 0 fully saturated rings. The standard InChI is InChI=1S/C14H9ClF3N3O5/c1-2-11(22)13(23)12-10(21(24)25)6-19-20(12)9-4-3-7(5-8(9)15)26-14(16,17)18/h3-6H,2H2,1H3. The quantitative estimate of drug-likeness (QED) is 0.323. The number of ketones is 2. The van der Waals surface area contributed by atoms with E-state index in [-0.39, 0.29) is 17.1 Å². The molecule has 2 rings (SSSR count). The molecule has 0 spiro atoms. The van der Waals surface area contributed by atoms with Gasteiger partial charge in [-0.05, 0) is 12.1 Å². The Morgan fingerprint density at radius 3 is 2.54 bits per heavy atom. The first-order valence-corrected chi connectivity index (χ1v) is 7.28. The van der Waals surface area contributed by atoms with Crippen LogP contribution in [0.5, 0.6) is 5.75 Å². The molecule has 0 amide bonds. The summed E-state index contributed by atoms with van der Waals surface area (Å²) in [5.41, 5.74) is -1.52. The Morgan fingerprint density at radius 1 is 1.38 bits per heavy atom. The minimum atomic E-state index is -4.94. The molecule has 0 aliphatic rings. The second-order valence-corrected chi connectivity index (χ2v) is 5.22. The van der Waals surface area contributed by atoms with Gasteiger partial charge in [0.2, 0.25) is 5.78 Å². The Balaban J connectivity index is 2.57. The summed E-state index contributed by atoms with van der Waals surface area (Å²) in [5.74, 6) is -2.70. The van der Waals surface area contributed by atoms with Gasteiger partial charge in [-0.15, -0.1) is 13.2 Å². The topological polar surface area (TPSA) is 104 Å². The average Bonchev–Trinajstić information content (AvgIpc) is 2.96. The van der Waals surface area contributed by atoms with Crippen molar-refractivity contribution >= 4 is 28.9 Å². The minimum absolute atomic E-state index is 0.137. The largest absolute Gasteiger partial charge is 0.573 e. The van der Waals surface area contributed by atoms with E-state index in [9.17, 15) is 32.9 Å². The Hall–Kier alpha value is -2.95. The molecule has 0 radical (unpaired) electrons. The van der Waals surface area contributed by atoms with Crippen LogP contribution in [0, 0.1) is 10.1 Å². The van der Waals surface area contributed by atoms with Crippen LogP contribution < -0.4 is 4.74 Å². The highest BCUT2D eigenvalue weighted by molar-refractivity contribution is 6.44. The van der Waals surface area contributed by atoms with E-state index < -0.39 is 40.0 Å². The molecule has 8 nitrogen and oxygen atoms in total. The van der Waals surface area contributed by atoms with Gasteiger partial charge >= 0.3 is 12.0 Å². The van der Waals surface area contributed by atoms with Crippen molar-refractivity contribution in [2.45, 2.75) is 19.7 Å². The van der Waals surface area contributed by atoms with Crippen molar-refractivity contribution in [2.24, 2.45) is 0 Å². The van der Waals surface area contributed by atoms with E-state index >= 15 is 0 Å². The van der Waals surface area contributed by atoms with Gasteiger partial charge in [0.25, 0.3) is 5.78 Å². The van der Waals surface area contributed by atoms with Crippen LogP contribution in [0.4, 0.5) is 18.9 Å². The minimum Gasteiger partial charge on any atom is -0.406 e. The molecule has 12 heteroatoms. The van der Waals surface area contributed by atoms with Crippen molar-refractivity contribution in [3.63, 3.8) is 0 Å². The van der Waals surface area contributed by atoms with Gasteiger partial charge < -0.3 is 4.74 Å². The number of carbonyl (C=O) groups is 2. The van der Waals surface area contributed by atoms with Gasteiger partial charge in [0.05, 0.1) is 15.6 Å². The number of rotatable bonds is 6. The third-order valence-electron chi connectivity index (χ3n) is 3.12. The zero-order valence-electron chi connectivity index (χ0n) is 12.9. The molecule has 0 bridgehead atoms. The SMILES string of the molecule is CCC(=O)C(=O)c1c([N+](=O)[O-])cnn1-c1ccc(OC(F)(F)F)cc1Cl. The number of benzene rings is 1. The van der Waals surface area contributed by atoms with Gasteiger partial charge in [0.15, 0.2) is 5.69 Å². The first-order chi connectivity index (χ1) is 12.0. The van der Waals surface area contributed by atoms with Crippen LogP contribution in [0.15, 0.2) is 24.4 Å². The summed E-state index contributed by atoms with van der Waals surface area (Å²) in [7, 11) is 0. The molecule has 138 valence electrons. The van der Waals surface area contributed by atoms with Crippen LogP contribution in [0.1, 0.15) is 23.8 Å². The third-order valence-corrected chi connectivity index (χ3v) is 3.42. The fraction of sp³-hybridized carbons (Fsp3) is 0.214. The number of Topliss-reactive ketones (excluding diaryl/α,β-unsaturated/α-hetero) is 2. The Bertz CT molecular complexity index is 894. The zero-order valence-corrected chi connectivity index (χ0v) is 13.7. The predicted molar refractivity (Wildman–Crippen MR) is 81.5 cm³/mol. The van der Waals surface area contributed by atoms with Crippen LogP contribution in [0.3, 0.4) is 0 Å². The molecular weight excluding hydrogens is 383 g/mol. The number of ether oxygens (including phenoxy) is 1. The maximum Gasteiger partial charge on any atom is 0.573 e. The van der Waals surface area contributed by atoms with E-state index in [2.05, 4.69) is 9.84 Å². The van der Waals surface area contributed by atoms with Crippen molar-refractivity contribution < 1.29 is 32.4 Å². The molecular formula is C14H9ClF3N3O5. The van der Waals surface area contributed by atoms with E-state index in [1.807, 2.05) is 0 Å². The number of nitro groups is 1. The van der Waals surface area contributed by atoms with Crippen molar-refractivity contribution in [3.8, 4) is 11.4 Å². The lowest BCUT2D eigenvalue weighted by Gasteiger charge is -2.12. The first-order valence-electron chi connectivity index (χ1n) is 6.90. The number of halogens is 4. The third kappa shape index (κ3) is 3.99. The number of hydrogen-bond donors (Lipinski definition) is 0.